The van der Waals surface area contributed by atoms with Crippen molar-refractivity contribution in [2.24, 2.45) is 11.1 Å². The Morgan fingerprint density at radius 3 is 2.63 bits per heavy atom. The van der Waals surface area contributed by atoms with E-state index in [9.17, 15) is 9.59 Å². The first kappa shape index (κ1) is 26.1. The molecule has 3 heterocycles. The molecule has 5 rings (SSSR count). The van der Waals surface area contributed by atoms with Crippen LogP contribution < -0.4 is 11.5 Å². The maximum absolute atomic E-state index is 12.5. The molecule has 4 N–H and O–H groups in total. The molecule has 1 spiro atoms. The first-order valence-corrected chi connectivity index (χ1v) is 13.2. The van der Waals surface area contributed by atoms with E-state index in [4.69, 9.17) is 32.9 Å². The molecule has 0 radical (unpaired) electrons. The summed E-state index contributed by atoms with van der Waals surface area (Å²) in [6.45, 7) is 9.30. The number of benzene rings is 1. The highest BCUT2D eigenvalue weighted by atomic mass is 35.5. The molecule has 10 nitrogen and oxygen atoms in total. The van der Waals surface area contributed by atoms with E-state index in [0.29, 0.717) is 41.6 Å². The Hall–Kier alpha value is -3.53. The van der Waals surface area contributed by atoms with E-state index in [1.165, 1.54) is 0 Å². The second kappa shape index (κ2) is 9.34. The minimum atomic E-state index is -0.628. The Labute approximate surface area is 226 Å². The molecule has 38 heavy (non-hydrogen) atoms. The van der Waals surface area contributed by atoms with E-state index >= 15 is 0 Å². The van der Waals surface area contributed by atoms with Crippen molar-refractivity contribution in [3.63, 3.8) is 0 Å². The maximum atomic E-state index is 12.5. The van der Waals surface area contributed by atoms with Gasteiger partial charge in [-0.3, -0.25) is 9.48 Å². The molecule has 0 unspecified atom stereocenters. The van der Waals surface area contributed by atoms with E-state index in [2.05, 4.69) is 5.10 Å². The van der Waals surface area contributed by atoms with Crippen LogP contribution in [0.2, 0.25) is 5.02 Å². The minimum Gasteiger partial charge on any atom is -0.444 e. The summed E-state index contributed by atoms with van der Waals surface area (Å²) in [5.74, 6) is -0.368. The van der Waals surface area contributed by atoms with Crippen LogP contribution in [0, 0.1) is 12.3 Å². The molecule has 2 aliphatic rings. The number of primary amides is 1. The normalized spacial score (nSPS) is 21.1. The van der Waals surface area contributed by atoms with E-state index < -0.39 is 11.5 Å². The molecule has 1 aromatic carbocycles. The van der Waals surface area contributed by atoms with Crippen LogP contribution in [-0.4, -0.2) is 55.2 Å². The molecule has 2 fully saturated rings. The summed E-state index contributed by atoms with van der Waals surface area (Å²) in [7, 11) is 0. The SMILES string of the molecule is Cc1nn(Cc2cccc(Cl)c2)cc1-c1nn(C2CC3(CCN(C(=O)OC(C)(C)C)C3)C2)c(N)c1C(N)=O. The summed E-state index contributed by atoms with van der Waals surface area (Å²) in [6, 6.07) is 7.60. The van der Waals surface area contributed by atoms with Gasteiger partial charge in [0.15, 0.2) is 0 Å². The van der Waals surface area contributed by atoms with Gasteiger partial charge in [0.2, 0.25) is 0 Å². The maximum Gasteiger partial charge on any atom is 0.410 e. The minimum absolute atomic E-state index is 0.00473. The van der Waals surface area contributed by atoms with Crippen LogP contribution in [0.15, 0.2) is 30.5 Å². The Morgan fingerprint density at radius 2 is 1.97 bits per heavy atom. The summed E-state index contributed by atoms with van der Waals surface area (Å²) >= 11 is 6.13. The zero-order chi connectivity index (χ0) is 27.4. The van der Waals surface area contributed by atoms with Crippen molar-refractivity contribution >= 4 is 29.4 Å². The van der Waals surface area contributed by atoms with E-state index in [-0.39, 0.29) is 28.9 Å². The number of amides is 2. The van der Waals surface area contributed by atoms with Crippen LogP contribution in [0.5, 0.6) is 0 Å². The lowest BCUT2D eigenvalue weighted by Crippen LogP contribution is -2.43. The summed E-state index contributed by atoms with van der Waals surface area (Å²) in [4.78, 5) is 26.8. The Morgan fingerprint density at radius 1 is 1.24 bits per heavy atom. The molecule has 2 amide bonds. The number of hydrogen-bond acceptors (Lipinski definition) is 6. The first-order valence-electron chi connectivity index (χ1n) is 12.8. The number of anilines is 1. The fourth-order valence-electron chi connectivity index (χ4n) is 5.67. The average molecular weight is 540 g/mol. The Balaban J connectivity index is 1.35. The molecule has 1 aliphatic carbocycles. The van der Waals surface area contributed by atoms with Gasteiger partial charge in [-0.2, -0.15) is 10.2 Å². The van der Waals surface area contributed by atoms with Crippen molar-refractivity contribution in [2.75, 3.05) is 18.8 Å². The number of likely N-dealkylation sites (tertiary alicyclic amines) is 1. The Bertz CT molecular complexity index is 1400. The van der Waals surface area contributed by atoms with Gasteiger partial charge in [-0.25, -0.2) is 9.48 Å². The quantitative estimate of drug-likeness (QED) is 0.493. The summed E-state index contributed by atoms with van der Waals surface area (Å²) in [5, 5.41) is 10.1. The van der Waals surface area contributed by atoms with Gasteiger partial charge in [-0.05, 0) is 70.1 Å². The lowest BCUT2D eigenvalue weighted by Gasteiger charge is -2.45. The lowest BCUT2D eigenvalue weighted by atomic mass is 9.65. The number of nitrogens with two attached hydrogens (primary N) is 2. The summed E-state index contributed by atoms with van der Waals surface area (Å²) in [5.41, 5.74) is 14.8. The zero-order valence-corrected chi connectivity index (χ0v) is 23.0. The monoisotopic (exact) mass is 539 g/mol. The summed E-state index contributed by atoms with van der Waals surface area (Å²) < 4.78 is 9.07. The standard InChI is InChI=1S/C27H34ClN7O3/c1-16-20(14-34(31-16)13-17-6-5-7-18(28)10-17)22-21(24(30)36)23(29)35(32-22)19-11-27(12-19)8-9-33(15-27)25(37)38-26(2,3)4/h5-7,10,14,19H,8-9,11-13,15,29H2,1-4H3,(H2,30,36). The average Bonchev–Trinajstić information content (AvgIpc) is 3.47. The van der Waals surface area contributed by atoms with Crippen molar-refractivity contribution in [1.82, 2.24) is 24.5 Å². The van der Waals surface area contributed by atoms with Gasteiger partial charge < -0.3 is 21.1 Å². The number of aromatic nitrogens is 4. The number of nitrogens with zero attached hydrogens (tertiary/aromatic N) is 5. The molecular formula is C27H34ClN7O3. The summed E-state index contributed by atoms with van der Waals surface area (Å²) in [6.07, 6.45) is 4.09. The topological polar surface area (TPSA) is 134 Å². The second-order valence-corrected chi connectivity index (χ2v) is 12.0. The number of halogens is 1. The van der Waals surface area contributed by atoms with Gasteiger partial charge in [-0.1, -0.05) is 23.7 Å². The fourth-order valence-corrected chi connectivity index (χ4v) is 5.89. The van der Waals surface area contributed by atoms with Crippen LogP contribution in [-0.2, 0) is 11.3 Å². The van der Waals surface area contributed by atoms with Crippen LogP contribution in [0.3, 0.4) is 0 Å². The molecule has 0 atom stereocenters. The van der Waals surface area contributed by atoms with Crippen LogP contribution >= 0.6 is 11.6 Å². The largest absolute Gasteiger partial charge is 0.444 e. The van der Waals surface area contributed by atoms with Crippen molar-refractivity contribution in [3.8, 4) is 11.3 Å². The third kappa shape index (κ3) is 4.97. The number of aryl methyl sites for hydroxylation is 1. The first-order chi connectivity index (χ1) is 17.8. The van der Waals surface area contributed by atoms with Gasteiger partial charge in [0.1, 0.15) is 22.7 Å². The van der Waals surface area contributed by atoms with Gasteiger partial charge in [0, 0.05) is 29.9 Å². The number of hydrogen-bond donors (Lipinski definition) is 2. The molecule has 2 aromatic heterocycles. The molecular weight excluding hydrogens is 506 g/mol. The highest BCUT2D eigenvalue weighted by Crippen LogP contribution is 2.55. The van der Waals surface area contributed by atoms with Crippen LogP contribution in [0.25, 0.3) is 11.3 Å². The fraction of sp³-hybridized carbons (Fsp3) is 0.481. The highest BCUT2D eigenvalue weighted by molar-refractivity contribution is 6.30. The predicted octanol–water partition coefficient (Wildman–Crippen LogP) is 4.40. The van der Waals surface area contributed by atoms with Crippen molar-refractivity contribution < 1.29 is 14.3 Å². The second-order valence-electron chi connectivity index (χ2n) is 11.6. The number of ether oxygens (including phenoxy) is 1. The van der Waals surface area contributed by atoms with Gasteiger partial charge in [0.25, 0.3) is 5.91 Å². The smallest absolute Gasteiger partial charge is 0.410 e. The number of carbonyl (C=O) groups is 2. The van der Waals surface area contributed by atoms with E-state index in [0.717, 1.165) is 24.8 Å². The van der Waals surface area contributed by atoms with Crippen LogP contribution in [0.4, 0.5) is 10.6 Å². The third-order valence-corrected chi connectivity index (χ3v) is 7.64. The predicted molar refractivity (Wildman–Crippen MR) is 145 cm³/mol. The zero-order valence-electron chi connectivity index (χ0n) is 22.2. The van der Waals surface area contributed by atoms with Crippen molar-refractivity contribution in [1.29, 1.82) is 0 Å². The van der Waals surface area contributed by atoms with E-state index in [1.54, 1.807) is 14.3 Å². The van der Waals surface area contributed by atoms with Crippen molar-refractivity contribution in [2.45, 2.75) is 65.1 Å². The lowest BCUT2D eigenvalue weighted by molar-refractivity contribution is 0.0187. The van der Waals surface area contributed by atoms with Gasteiger partial charge >= 0.3 is 6.09 Å². The molecule has 202 valence electrons. The molecule has 1 saturated heterocycles. The van der Waals surface area contributed by atoms with E-state index in [1.807, 2.05) is 58.2 Å². The molecule has 11 heteroatoms. The number of rotatable bonds is 5. The highest BCUT2D eigenvalue weighted by Gasteiger charge is 2.51. The molecule has 3 aromatic rings. The van der Waals surface area contributed by atoms with Crippen molar-refractivity contribution in [3.05, 3.63) is 52.3 Å². The molecule has 1 aliphatic heterocycles. The van der Waals surface area contributed by atoms with Gasteiger partial charge in [0.05, 0.1) is 18.3 Å². The molecule has 0 bridgehead atoms. The molecule has 1 saturated carbocycles. The Kier molecular flexibility index (Phi) is 6.41. The number of nitrogen functional groups attached to an aromatic ring is 1. The van der Waals surface area contributed by atoms with Gasteiger partial charge in [-0.15, -0.1) is 0 Å². The van der Waals surface area contributed by atoms with Crippen LogP contribution in [0.1, 0.15) is 67.7 Å². The number of carbonyl (C=O) groups excluding carboxylic acids is 2. The third-order valence-electron chi connectivity index (χ3n) is 7.40.